The number of anilines is 4. The van der Waals surface area contributed by atoms with Crippen LogP contribution in [0.5, 0.6) is 0 Å². The zero-order valence-corrected chi connectivity index (χ0v) is 14.2. The highest BCUT2D eigenvalue weighted by Crippen LogP contribution is 2.19. The molecule has 5 nitrogen and oxygen atoms in total. The summed E-state index contributed by atoms with van der Waals surface area (Å²) in [5.74, 6) is 0.477. The molecule has 0 aliphatic rings. The molecule has 1 heterocycles. The van der Waals surface area contributed by atoms with Crippen LogP contribution < -0.4 is 16.0 Å². The van der Waals surface area contributed by atoms with E-state index in [-0.39, 0.29) is 6.03 Å². The molecule has 3 N–H and O–H groups in total. The van der Waals surface area contributed by atoms with Crippen LogP contribution in [0.1, 0.15) is 0 Å². The Morgan fingerprint density at radius 1 is 0.792 bits per heavy atom. The molecule has 3 rings (SSSR count). The van der Waals surface area contributed by atoms with Crippen LogP contribution in [-0.2, 0) is 0 Å². The number of nitrogens with zero attached hydrogens (tertiary/aromatic N) is 1. The predicted molar refractivity (Wildman–Crippen MR) is 101 cm³/mol. The number of pyridine rings is 1. The van der Waals surface area contributed by atoms with Crippen molar-refractivity contribution >= 4 is 44.8 Å². The third-order valence-electron chi connectivity index (χ3n) is 3.17. The second-order valence-electron chi connectivity index (χ2n) is 5.01. The molecule has 24 heavy (non-hydrogen) atoms. The number of carbonyl (C=O) groups is 1. The van der Waals surface area contributed by atoms with Gasteiger partial charge in [-0.2, -0.15) is 0 Å². The van der Waals surface area contributed by atoms with E-state index in [0.29, 0.717) is 5.82 Å². The monoisotopic (exact) mass is 382 g/mol. The average molecular weight is 383 g/mol. The fraction of sp³-hybridized carbons (Fsp3) is 0. The minimum atomic E-state index is -0.331. The average Bonchev–Trinajstić information content (AvgIpc) is 2.59. The highest BCUT2D eigenvalue weighted by Gasteiger charge is 2.03. The number of benzene rings is 2. The number of nitrogens with one attached hydrogen (secondary N) is 3. The fourth-order valence-corrected chi connectivity index (χ4v) is 2.31. The molecule has 3 aromatic rings. The second-order valence-corrected chi connectivity index (χ2v) is 5.92. The van der Waals surface area contributed by atoms with Gasteiger partial charge in [0.25, 0.3) is 0 Å². The van der Waals surface area contributed by atoms with Crippen molar-refractivity contribution in [1.82, 2.24) is 4.98 Å². The van der Waals surface area contributed by atoms with Crippen LogP contribution in [0.25, 0.3) is 0 Å². The van der Waals surface area contributed by atoms with Crippen LogP contribution in [0.15, 0.2) is 77.4 Å². The topological polar surface area (TPSA) is 66.1 Å². The Bertz CT molecular complexity index is 805. The molecule has 1 aromatic heterocycles. The summed E-state index contributed by atoms with van der Waals surface area (Å²) in [7, 11) is 0. The molecular weight excluding hydrogens is 368 g/mol. The van der Waals surface area contributed by atoms with Crippen molar-refractivity contribution in [3.8, 4) is 0 Å². The summed E-state index contributed by atoms with van der Waals surface area (Å²) >= 11 is 3.40. The van der Waals surface area contributed by atoms with Gasteiger partial charge in [0.2, 0.25) is 0 Å². The van der Waals surface area contributed by atoms with Crippen molar-refractivity contribution in [3.63, 3.8) is 0 Å². The Balaban J connectivity index is 1.58. The number of carbonyl (C=O) groups excluding carboxylic acids is 1. The van der Waals surface area contributed by atoms with Crippen LogP contribution in [0.3, 0.4) is 0 Å². The molecule has 2 aromatic carbocycles. The lowest BCUT2D eigenvalue weighted by Crippen LogP contribution is -2.19. The highest BCUT2D eigenvalue weighted by atomic mass is 79.9. The van der Waals surface area contributed by atoms with E-state index >= 15 is 0 Å². The Kier molecular flexibility index (Phi) is 5.08. The largest absolute Gasteiger partial charge is 0.354 e. The van der Waals surface area contributed by atoms with Gasteiger partial charge in [-0.15, -0.1) is 0 Å². The first-order valence-corrected chi connectivity index (χ1v) is 8.10. The van der Waals surface area contributed by atoms with Gasteiger partial charge in [-0.1, -0.05) is 34.1 Å². The molecule has 120 valence electrons. The van der Waals surface area contributed by atoms with E-state index in [1.54, 1.807) is 12.3 Å². The van der Waals surface area contributed by atoms with E-state index in [9.17, 15) is 4.79 Å². The summed E-state index contributed by atoms with van der Waals surface area (Å²) in [6, 6.07) is 20.3. The number of rotatable bonds is 4. The molecule has 0 fully saturated rings. The van der Waals surface area contributed by atoms with Crippen molar-refractivity contribution in [2.24, 2.45) is 0 Å². The molecule has 0 saturated heterocycles. The Labute approximate surface area is 148 Å². The van der Waals surface area contributed by atoms with Gasteiger partial charge in [0, 0.05) is 15.8 Å². The summed E-state index contributed by atoms with van der Waals surface area (Å²) in [5.41, 5.74) is 2.53. The smallest absolute Gasteiger partial charge is 0.324 e. The molecule has 0 radical (unpaired) electrons. The number of urea groups is 1. The van der Waals surface area contributed by atoms with Gasteiger partial charge in [-0.3, -0.25) is 5.32 Å². The zero-order chi connectivity index (χ0) is 16.8. The predicted octanol–water partition coefficient (Wildman–Crippen LogP) is 5.23. The lowest BCUT2D eigenvalue weighted by atomic mass is 10.3. The maximum atomic E-state index is 11.9. The summed E-state index contributed by atoms with van der Waals surface area (Å²) < 4.78 is 1.02. The molecule has 0 aliphatic carbocycles. The summed E-state index contributed by atoms with van der Waals surface area (Å²) in [6.45, 7) is 0. The zero-order valence-electron chi connectivity index (χ0n) is 12.7. The molecule has 6 heteroatoms. The van der Waals surface area contributed by atoms with E-state index in [2.05, 4.69) is 36.9 Å². The van der Waals surface area contributed by atoms with Crippen molar-refractivity contribution in [3.05, 3.63) is 77.4 Å². The second kappa shape index (κ2) is 7.61. The first-order chi connectivity index (χ1) is 11.7. The van der Waals surface area contributed by atoms with E-state index in [1.165, 1.54) is 0 Å². The third-order valence-corrected chi connectivity index (χ3v) is 3.70. The molecular formula is C18H15BrN4O. The molecule has 0 atom stereocenters. The van der Waals surface area contributed by atoms with E-state index in [0.717, 1.165) is 21.5 Å². The minimum Gasteiger partial charge on any atom is -0.354 e. The highest BCUT2D eigenvalue weighted by molar-refractivity contribution is 9.10. The molecule has 0 saturated carbocycles. The number of hydrogen-bond donors (Lipinski definition) is 3. The first-order valence-electron chi connectivity index (χ1n) is 7.31. The van der Waals surface area contributed by atoms with E-state index < -0.39 is 0 Å². The van der Waals surface area contributed by atoms with Gasteiger partial charge in [-0.25, -0.2) is 9.78 Å². The Morgan fingerprint density at radius 3 is 2.17 bits per heavy atom. The summed E-state index contributed by atoms with van der Waals surface area (Å²) in [5, 5.41) is 8.67. The normalized spacial score (nSPS) is 10.0. The maximum absolute atomic E-state index is 11.9. The van der Waals surface area contributed by atoms with Crippen LogP contribution >= 0.6 is 15.9 Å². The fourth-order valence-electron chi connectivity index (χ4n) is 2.04. The van der Waals surface area contributed by atoms with Gasteiger partial charge in [0.15, 0.2) is 0 Å². The summed E-state index contributed by atoms with van der Waals surface area (Å²) in [6.07, 6.45) is 1.67. The molecule has 2 amide bonds. The van der Waals surface area contributed by atoms with Gasteiger partial charge in [0.1, 0.15) is 5.82 Å². The van der Waals surface area contributed by atoms with Crippen molar-refractivity contribution in [2.75, 3.05) is 16.0 Å². The van der Waals surface area contributed by atoms with Gasteiger partial charge >= 0.3 is 6.03 Å². The molecule has 0 aliphatic heterocycles. The third kappa shape index (κ3) is 4.57. The van der Waals surface area contributed by atoms with Crippen molar-refractivity contribution in [1.29, 1.82) is 0 Å². The Morgan fingerprint density at radius 2 is 1.50 bits per heavy atom. The standard InChI is InChI=1S/C18H15BrN4O/c19-13-6-8-15(9-7-13)21-16-10-11-17(20-12-16)23-18(24)22-14-4-2-1-3-5-14/h1-12,21H,(H2,20,22,23,24). The summed E-state index contributed by atoms with van der Waals surface area (Å²) in [4.78, 5) is 16.1. The number of amides is 2. The lowest BCUT2D eigenvalue weighted by Gasteiger charge is -2.09. The molecule has 0 spiro atoms. The molecule has 0 unspecified atom stereocenters. The quantitative estimate of drug-likeness (QED) is 0.578. The van der Waals surface area contributed by atoms with Gasteiger partial charge < -0.3 is 10.6 Å². The maximum Gasteiger partial charge on any atom is 0.324 e. The number of aromatic nitrogens is 1. The first kappa shape index (κ1) is 16.0. The van der Waals surface area contributed by atoms with Crippen molar-refractivity contribution < 1.29 is 4.79 Å². The lowest BCUT2D eigenvalue weighted by molar-refractivity contribution is 0.262. The Hall–Kier alpha value is -2.86. The number of hydrogen-bond acceptors (Lipinski definition) is 3. The van der Waals surface area contributed by atoms with Gasteiger partial charge in [-0.05, 0) is 48.5 Å². The van der Waals surface area contributed by atoms with E-state index in [1.807, 2.05) is 60.7 Å². The molecule has 0 bridgehead atoms. The van der Waals surface area contributed by atoms with E-state index in [4.69, 9.17) is 0 Å². The van der Waals surface area contributed by atoms with Crippen LogP contribution in [0.4, 0.5) is 27.7 Å². The van der Waals surface area contributed by atoms with Gasteiger partial charge in [0.05, 0.1) is 11.9 Å². The number of halogens is 1. The SMILES string of the molecule is O=C(Nc1ccccc1)Nc1ccc(Nc2ccc(Br)cc2)cn1. The van der Waals surface area contributed by atoms with Crippen LogP contribution in [0.2, 0.25) is 0 Å². The van der Waals surface area contributed by atoms with Crippen LogP contribution in [-0.4, -0.2) is 11.0 Å². The van der Waals surface area contributed by atoms with Crippen LogP contribution in [0, 0.1) is 0 Å². The number of para-hydroxylation sites is 1. The minimum absolute atomic E-state index is 0.331. The van der Waals surface area contributed by atoms with Crippen molar-refractivity contribution in [2.45, 2.75) is 0 Å².